The molecule has 0 aliphatic heterocycles. The van der Waals surface area contributed by atoms with Gasteiger partial charge in [0.2, 0.25) is 5.78 Å². The summed E-state index contributed by atoms with van der Waals surface area (Å²) in [6.45, 7) is 0. The number of furan rings is 2. The molecule has 26 heavy (non-hydrogen) atoms. The number of ketones is 2. The SMILES string of the molecule is Cn1c(C(=O)CC(C(=O)c2ccco2)c2ccco2)nc2ccccc21. The van der Waals surface area contributed by atoms with E-state index in [0.717, 1.165) is 11.0 Å². The molecule has 4 aromatic rings. The van der Waals surface area contributed by atoms with E-state index < -0.39 is 5.92 Å². The van der Waals surface area contributed by atoms with Gasteiger partial charge in [0.05, 0.1) is 29.5 Å². The molecule has 1 atom stereocenters. The number of carbonyl (C=O) groups is 2. The fourth-order valence-corrected chi connectivity index (χ4v) is 3.07. The highest BCUT2D eigenvalue weighted by Crippen LogP contribution is 2.27. The summed E-state index contributed by atoms with van der Waals surface area (Å²) in [7, 11) is 1.79. The number of fused-ring (bicyclic) bond motifs is 1. The van der Waals surface area contributed by atoms with E-state index in [4.69, 9.17) is 8.83 Å². The van der Waals surface area contributed by atoms with Gasteiger partial charge < -0.3 is 13.4 Å². The molecule has 0 fully saturated rings. The van der Waals surface area contributed by atoms with Crippen LogP contribution in [0.25, 0.3) is 11.0 Å². The molecule has 3 aromatic heterocycles. The lowest BCUT2D eigenvalue weighted by Crippen LogP contribution is -2.18. The third-order valence-electron chi connectivity index (χ3n) is 4.39. The van der Waals surface area contributed by atoms with Crippen molar-refractivity contribution >= 4 is 22.6 Å². The third-order valence-corrected chi connectivity index (χ3v) is 4.39. The van der Waals surface area contributed by atoms with Gasteiger partial charge in [-0.05, 0) is 36.4 Å². The van der Waals surface area contributed by atoms with Crippen molar-refractivity contribution in [1.82, 2.24) is 9.55 Å². The molecular formula is C20H16N2O4. The molecule has 0 saturated heterocycles. The number of hydrogen-bond donors (Lipinski definition) is 0. The molecule has 0 bridgehead atoms. The van der Waals surface area contributed by atoms with Gasteiger partial charge in [-0.1, -0.05) is 12.1 Å². The van der Waals surface area contributed by atoms with E-state index in [-0.39, 0.29) is 23.7 Å². The zero-order valence-corrected chi connectivity index (χ0v) is 14.1. The Hall–Kier alpha value is -3.41. The van der Waals surface area contributed by atoms with E-state index in [9.17, 15) is 9.59 Å². The standard InChI is InChI=1S/C20H16N2O4/c1-22-15-7-3-2-6-14(15)21-20(22)16(23)12-13(17-8-4-10-25-17)19(24)18-9-5-11-26-18/h2-11,13H,12H2,1H3. The first-order valence-electron chi connectivity index (χ1n) is 8.21. The van der Waals surface area contributed by atoms with Crippen molar-refractivity contribution in [2.24, 2.45) is 7.05 Å². The molecule has 0 amide bonds. The van der Waals surface area contributed by atoms with Crippen LogP contribution in [-0.4, -0.2) is 21.1 Å². The highest BCUT2D eigenvalue weighted by molar-refractivity contribution is 6.04. The van der Waals surface area contributed by atoms with Gasteiger partial charge in [0, 0.05) is 13.5 Å². The lowest BCUT2D eigenvalue weighted by molar-refractivity contribution is 0.0860. The summed E-state index contributed by atoms with van der Waals surface area (Å²) in [4.78, 5) is 30.1. The summed E-state index contributed by atoms with van der Waals surface area (Å²) < 4.78 is 12.4. The van der Waals surface area contributed by atoms with Gasteiger partial charge in [-0.25, -0.2) is 4.98 Å². The van der Waals surface area contributed by atoms with Crippen LogP contribution in [0.15, 0.2) is 69.9 Å². The lowest BCUT2D eigenvalue weighted by Gasteiger charge is -2.11. The number of nitrogens with zero attached hydrogens (tertiary/aromatic N) is 2. The molecule has 0 N–H and O–H groups in total. The van der Waals surface area contributed by atoms with Gasteiger partial charge in [-0.2, -0.15) is 0 Å². The second-order valence-corrected chi connectivity index (χ2v) is 6.02. The molecule has 0 radical (unpaired) electrons. The maximum absolute atomic E-state index is 12.9. The topological polar surface area (TPSA) is 78.2 Å². The van der Waals surface area contributed by atoms with Crippen LogP contribution >= 0.6 is 0 Å². The Kier molecular flexibility index (Phi) is 4.01. The highest BCUT2D eigenvalue weighted by Gasteiger charge is 2.30. The van der Waals surface area contributed by atoms with Crippen LogP contribution in [0, 0.1) is 0 Å². The first-order valence-corrected chi connectivity index (χ1v) is 8.21. The van der Waals surface area contributed by atoms with Crippen LogP contribution in [0.3, 0.4) is 0 Å². The number of carbonyl (C=O) groups excluding carboxylic acids is 2. The maximum Gasteiger partial charge on any atom is 0.209 e. The molecule has 0 aliphatic carbocycles. The predicted octanol–water partition coefficient (Wildman–Crippen LogP) is 4.00. The molecule has 0 aliphatic rings. The van der Waals surface area contributed by atoms with E-state index in [2.05, 4.69) is 4.98 Å². The molecule has 3 heterocycles. The van der Waals surface area contributed by atoms with Gasteiger partial charge in [0.1, 0.15) is 5.76 Å². The number of imidazole rings is 1. The minimum atomic E-state index is -0.761. The molecule has 0 spiro atoms. The highest BCUT2D eigenvalue weighted by atomic mass is 16.3. The van der Waals surface area contributed by atoms with Gasteiger partial charge in [-0.15, -0.1) is 0 Å². The van der Waals surface area contributed by atoms with E-state index in [1.54, 1.807) is 35.9 Å². The number of benzene rings is 1. The Morgan fingerprint density at radius 2 is 1.81 bits per heavy atom. The predicted molar refractivity (Wildman–Crippen MR) is 94.1 cm³/mol. The molecule has 0 saturated carbocycles. The van der Waals surface area contributed by atoms with Crippen molar-refractivity contribution in [2.75, 3.05) is 0 Å². The average Bonchev–Trinajstić information content (AvgIpc) is 3.40. The Bertz CT molecular complexity index is 1060. The Labute approximate surface area is 149 Å². The Balaban J connectivity index is 1.68. The largest absolute Gasteiger partial charge is 0.469 e. The number of Topliss-reactive ketones (excluding diaryl/α,β-unsaturated/α-hetero) is 2. The van der Waals surface area contributed by atoms with E-state index in [0.29, 0.717) is 11.6 Å². The molecule has 1 unspecified atom stereocenters. The fraction of sp³-hybridized carbons (Fsp3) is 0.150. The third kappa shape index (κ3) is 2.75. The van der Waals surface area contributed by atoms with E-state index in [1.807, 2.05) is 24.3 Å². The number of aryl methyl sites for hydroxylation is 1. The van der Waals surface area contributed by atoms with Gasteiger partial charge in [0.25, 0.3) is 0 Å². The van der Waals surface area contributed by atoms with Gasteiger partial charge >= 0.3 is 0 Å². The lowest BCUT2D eigenvalue weighted by atomic mass is 9.93. The maximum atomic E-state index is 12.9. The van der Waals surface area contributed by atoms with E-state index >= 15 is 0 Å². The Morgan fingerprint density at radius 3 is 2.50 bits per heavy atom. The second-order valence-electron chi connectivity index (χ2n) is 6.02. The number of aromatic nitrogens is 2. The van der Waals surface area contributed by atoms with E-state index in [1.165, 1.54) is 12.5 Å². The molecule has 1 aromatic carbocycles. The minimum Gasteiger partial charge on any atom is -0.469 e. The van der Waals surface area contributed by atoms with Crippen molar-refractivity contribution < 1.29 is 18.4 Å². The smallest absolute Gasteiger partial charge is 0.209 e. The van der Waals surface area contributed by atoms with Crippen LogP contribution < -0.4 is 0 Å². The summed E-state index contributed by atoms with van der Waals surface area (Å²) >= 11 is 0. The average molecular weight is 348 g/mol. The number of rotatable bonds is 6. The van der Waals surface area contributed by atoms with Crippen molar-refractivity contribution in [3.05, 3.63) is 78.4 Å². The van der Waals surface area contributed by atoms with Crippen LogP contribution in [0.1, 0.15) is 39.3 Å². The molecule has 4 rings (SSSR count). The summed E-state index contributed by atoms with van der Waals surface area (Å²) in [5, 5.41) is 0. The van der Waals surface area contributed by atoms with Crippen molar-refractivity contribution in [2.45, 2.75) is 12.3 Å². The zero-order chi connectivity index (χ0) is 18.1. The van der Waals surface area contributed by atoms with Crippen LogP contribution in [0.2, 0.25) is 0 Å². The monoisotopic (exact) mass is 348 g/mol. The quantitative estimate of drug-likeness (QED) is 0.492. The summed E-state index contributed by atoms with van der Waals surface area (Å²) in [5.41, 5.74) is 1.60. The first-order chi connectivity index (χ1) is 12.6. The number of hydrogen-bond acceptors (Lipinski definition) is 5. The van der Waals surface area contributed by atoms with Gasteiger partial charge in [-0.3, -0.25) is 9.59 Å². The summed E-state index contributed by atoms with van der Waals surface area (Å²) in [6, 6.07) is 14.1. The normalized spacial score (nSPS) is 12.3. The molecule has 6 nitrogen and oxygen atoms in total. The molecule has 6 heteroatoms. The van der Waals surface area contributed by atoms with Crippen molar-refractivity contribution in [1.29, 1.82) is 0 Å². The van der Waals surface area contributed by atoms with Gasteiger partial charge in [0.15, 0.2) is 17.4 Å². The molecule has 130 valence electrons. The summed E-state index contributed by atoms with van der Waals surface area (Å²) in [5.74, 6) is -0.344. The van der Waals surface area contributed by atoms with Crippen LogP contribution in [0.5, 0.6) is 0 Å². The zero-order valence-electron chi connectivity index (χ0n) is 14.1. The Morgan fingerprint density at radius 1 is 1.04 bits per heavy atom. The second kappa shape index (κ2) is 6.48. The fourth-order valence-electron chi connectivity index (χ4n) is 3.07. The van der Waals surface area contributed by atoms with Crippen molar-refractivity contribution in [3.63, 3.8) is 0 Å². The summed E-state index contributed by atoms with van der Waals surface area (Å²) in [6.07, 6.45) is 2.86. The van der Waals surface area contributed by atoms with Crippen molar-refractivity contribution in [3.8, 4) is 0 Å². The molecular weight excluding hydrogens is 332 g/mol. The number of para-hydroxylation sites is 2. The first kappa shape index (κ1) is 16.1. The minimum absolute atomic E-state index is 0.0514. The van der Waals surface area contributed by atoms with Crippen LogP contribution in [0.4, 0.5) is 0 Å². The van der Waals surface area contributed by atoms with Crippen LogP contribution in [-0.2, 0) is 7.05 Å².